The molecule has 0 aliphatic rings. The fourth-order valence-corrected chi connectivity index (χ4v) is 3.07. The van der Waals surface area contributed by atoms with Gasteiger partial charge in [-0.1, -0.05) is 55.8 Å². The number of hydrogen-bond acceptors (Lipinski definition) is 2. The lowest BCUT2D eigenvalue weighted by Crippen LogP contribution is -2.36. The van der Waals surface area contributed by atoms with Crippen LogP contribution in [0.4, 0.5) is 0 Å². The predicted octanol–water partition coefficient (Wildman–Crippen LogP) is 4.45. The molecule has 2 nitrogen and oxygen atoms in total. The molecule has 1 aromatic carbocycles. The van der Waals surface area contributed by atoms with E-state index in [2.05, 4.69) is 54.5 Å². The van der Waals surface area contributed by atoms with Crippen molar-refractivity contribution >= 4 is 11.6 Å². The fraction of sp³-hybridized carbons (Fsp3) is 0.389. The molecule has 0 bridgehead atoms. The van der Waals surface area contributed by atoms with Crippen LogP contribution >= 0.6 is 11.6 Å². The maximum absolute atomic E-state index is 6.27. The highest BCUT2D eigenvalue weighted by Gasteiger charge is 2.22. The first-order valence-corrected chi connectivity index (χ1v) is 8.00. The number of benzene rings is 1. The Balaban J connectivity index is 2.23. The fourth-order valence-electron chi connectivity index (χ4n) is 2.88. The van der Waals surface area contributed by atoms with Crippen LogP contribution in [0.1, 0.15) is 37.3 Å². The lowest BCUT2D eigenvalue weighted by Gasteiger charge is -2.28. The highest BCUT2D eigenvalue weighted by Crippen LogP contribution is 2.27. The average Bonchev–Trinajstić information content (AvgIpc) is 2.51. The summed E-state index contributed by atoms with van der Waals surface area (Å²) in [6.07, 6.45) is 5.56. The van der Waals surface area contributed by atoms with E-state index in [-0.39, 0.29) is 0 Å². The number of aromatic nitrogens is 1. The number of halogens is 1. The largest absolute Gasteiger partial charge is 0.313 e. The second-order valence-electron chi connectivity index (χ2n) is 5.26. The summed E-state index contributed by atoms with van der Waals surface area (Å²) in [5, 5.41) is 4.38. The van der Waals surface area contributed by atoms with Crippen molar-refractivity contribution in [3.63, 3.8) is 0 Å². The number of rotatable bonds is 7. The summed E-state index contributed by atoms with van der Waals surface area (Å²) in [6.45, 7) is 5.35. The van der Waals surface area contributed by atoms with Gasteiger partial charge in [-0.25, -0.2) is 0 Å². The number of pyridine rings is 1. The van der Waals surface area contributed by atoms with Crippen molar-refractivity contribution in [1.29, 1.82) is 0 Å². The molecule has 1 N–H and O–H groups in total. The molecule has 1 heterocycles. The average molecular weight is 303 g/mol. The minimum absolute atomic E-state index is 0.377. The third-order valence-electron chi connectivity index (χ3n) is 3.92. The van der Waals surface area contributed by atoms with Gasteiger partial charge in [-0.05, 0) is 42.5 Å². The Bertz CT molecular complexity index is 542. The monoisotopic (exact) mass is 302 g/mol. The molecule has 2 unspecified atom stereocenters. The SMILES string of the molecule is CCNC(Cc1ccncc1Cl)C(CC)c1ccccc1. The van der Waals surface area contributed by atoms with Crippen LogP contribution in [0.2, 0.25) is 5.02 Å². The van der Waals surface area contributed by atoms with Crippen LogP contribution in [-0.4, -0.2) is 17.6 Å². The highest BCUT2D eigenvalue weighted by atomic mass is 35.5. The van der Waals surface area contributed by atoms with E-state index in [0.29, 0.717) is 12.0 Å². The van der Waals surface area contributed by atoms with E-state index in [4.69, 9.17) is 11.6 Å². The van der Waals surface area contributed by atoms with Crippen molar-refractivity contribution in [2.75, 3.05) is 6.54 Å². The van der Waals surface area contributed by atoms with E-state index in [9.17, 15) is 0 Å². The summed E-state index contributed by atoms with van der Waals surface area (Å²) >= 11 is 6.27. The Hall–Kier alpha value is -1.38. The Morgan fingerprint density at radius 3 is 2.52 bits per heavy atom. The number of nitrogens with one attached hydrogen (secondary N) is 1. The molecule has 21 heavy (non-hydrogen) atoms. The molecule has 0 radical (unpaired) electrons. The van der Waals surface area contributed by atoms with E-state index >= 15 is 0 Å². The zero-order chi connectivity index (χ0) is 15.1. The van der Waals surface area contributed by atoms with Crippen molar-refractivity contribution in [1.82, 2.24) is 10.3 Å². The molecule has 0 aliphatic heterocycles. The molecule has 0 saturated heterocycles. The Morgan fingerprint density at radius 2 is 1.90 bits per heavy atom. The van der Waals surface area contributed by atoms with Crippen LogP contribution in [0.3, 0.4) is 0 Å². The Kier molecular flexibility index (Phi) is 6.21. The van der Waals surface area contributed by atoms with E-state index in [1.54, 1.807) is 6.20 Å². The van der Waals surface area contributed by atoms with Crippen molar-refractivity contribution in [3.8, 4) is 0 Å². The first kappa shape index (κ1) is 16.0. The van der Waals surface area contributed by atoms with Gasteiger partial charge in [-0.15, -0.1) is 0 Å². The summed E-state index contributed by atoms with van der Waals surface area (Å²) in [4.78, 5) is 4.07. The van der Waals surface area contributed by atoms with Crippen LogP contribution in [0.5, 0.6) is 0 Å². The van der Waals surface area contributed by atoms with Gasteiger partial charge in [-0.2, -0.15) is 0 Å². The third-order valence-corrected chi connectivity index (χ3v) is 4.26. The van der Waals surface area contributed by atoms with E-state index in [1.807, 2.05) is 12.3 Å². The maximum Gasteiger partial charge on any atom is 0.0621 e. The van der Waals surface area contributed by atoms with Crippen LogP contribution in [0.25, 0.3) is 0 Å². The van der Waals surface area contributed by atoms with Crippen molar-refractivity contribution in [2.24, 2.45) is 0 Å². The normalized spacial score (nSPS) is 13.9. The molecule has 3 heteroatoms. The summed E-state index contributed by atoms with van der Waals surface area (Å²) in [5.74, 6) is 0.482. The topological polar surface area (TPSA) is 24.9 Å². The molecule has 0 fully saturated rings. The molecule has 0 spiro atoms. The zero-order valence-corrected chi connectivity index (χ0v) is 13.5. The summed E-state index contributed by atoms with van der Waals surface area (Å²) < 4.78 is 0. The molecule has 0 amide bonds. The number of likely N-dealkylation sites (N-methyl/N-ethyl adjacent to an activating group) is 1. The lowest BCUT2D eigenvalue weighted by molar-refractivity contribution is 0.428. The van der Waals surface area contributed by atoms with Gasteiger partial charge in [0.1, 0.15) is 0 Å². The van der Waals surface area contributed by atoms with Gasteiger partial charge >= 0.3 is 0 Å². The molecule has 0 aliphatic carbocycles. The molecule has 1 aromatic heterocycles. The third kappa shape index (κ3) is 4.29. The quantitative estimate of drug-likeness (QED) is 0.817. The first-order chi connectivity index (χ1) is 10.3. The second kappa shape index (κ2) is 8.16. The zero-order valence-electron chi connectivity index (χ0n) is 12.7. The van der Waals surface area contributed by atoms with E-state index in [1.165, 1.54) is 5.56 Å². The number of nitrogens with zero attached hydrogens (tertiary/aromatic N) is 1. The van der Waals surface area contributed by atoms with Crippen molar-refractivity contribution < 1.29 is 0 Å². The van der Waals surface area contributed by atoms with Gasteiger partial charge in [0.15, 0.2) is 0 Å². The minimum atomic E-state index is 0.377. The molecule has 2 rings (SSSR count). The van der Waals surface area contributed by atoms with Gasteiger partial charge in [0.2, 0.25) is 0 Å². The molecule has 2 atom stereocenters. The predicted molar refractivity (Wildman–Crippen MR) is 89.9 cm³/mol. The smallest absolute Gasteiger partial charge is 0.0621 e. The minimum Gasteiger partial charge on any atom is -0.313 e. The summed E-state index contributed by atoms with van der Waals surface area (Å²) in [6, 6.07) is 13.1. The Morgan fingerprint density at radius 1 is 1.14 bits per heavy atom. The lowest BCUT2D eigenvalue weighted by atomic mass is 9.86. The van der Waals surface area contributed by atoms with Crippen molar-refractivity contribution in [2.45, 2.75) is 38.6 Å². The van der Waals surface area contributed by atoms with Gasteiger partial charge in [0.25, 0.3) is 0 Å². The van der Waals surface area contributed by atoms with Gasteiger partial charge in [0, 0.05) is 18.4 Å². The first-order valence-electron chi connectivity index (χ1n) is 7.63. The summed E-state index contributed by atoms with van der Waals surface area (Å²) in [5.41, 5.74) is 2.54. The van der Waals surface area contributed by atoms with Crippen LogP contribution in [0.15, 0.2) is 48.8 Å². The van der Waals surface area contributed by atoms with Crippen LogP contribution in [-0.2, 0) is 6.42 Å². The molecular weight excluding hydrogens is 280 g/mol. The van der Waals surface area contributed by atoms with Crippen LogP contribution in [0, 0.1) is 0 Å². The van der Waals surface area contributed by atoms with E-state index < -0.39 is 0 Å². The molecule has 0 saturated carbocycles. The highest BCUT2D eigenvalue weighted by molar-refractivity contribution is 6.31. The Labute approximate surface area is 132 Å². The standard InChI is InChI=1S/C18H23ClN2/c1-3-16(14-8-6-5-7-9-14)18(21-4-2)12-15-10-11-20-13-17(15)19/h5-11,13,16,18,21H,3-4,12H2,1-2H3. The molecule has 2 aromatic rings. The van der Waals surface area contributed by atoms with Crippen LogP contribution < -0.4 is 5.32 Å². The van der Waals surface area contributed by atoms with E-state index in [0.717, 1.165) is 30.0 Å². The maximum atomic E-state index is 6.27. The van der Waals surface area contributed by atoms with Crippen molar-refractivity contribution in [3.05, 3.63) is 64.9 Å². The molecular formula is C18H23ClN2. The van der Waals surface area contributed by atoms with Gasteiger partial charge in [0.05, 0.1) is 5.02 Å². The molecule has 112 valence electrons. The second-order valence-corrected chi connectivity index (χ2v) is 5.67. The number of hydrogen-bond donors (Lipinski definition) is 1. The van der Waals surface area contributed by atoms with Gasteiger partial charge < -0.3 is 5.32 Å². The summed E-state index contributed by atoms with van der Waals surface area (Å²) in [7, 11) is 0. The van der Waals surface area contributed by atoms with Gasteiger partial charge in [-0.3, -0.25) is 4.98 Å².